The van der Waals surface area contributed by atoms with E-state index in [1.54, 1.807) is 18.2 Å². The van der Waals surface area contributed by atoms with Crippen LogP contribution in [0.25, 0.3) is 11.3 Å². The van der Waals surface area contributed by atoms with E-state index in [4.69, 9.17) is 12.2 Å². The van der Waals surface area contributed by atoms with Crippen LogP contribution in [0.3, 0.4) is 0 Å². The average molecular weight is 248 g/mol. The van der Waals surface area contributed by atoms with Gasteiger partial charge in [-0.3, -0.25) is 0 Å². The number of benzene rings is 1. The molecule has 2 nitrogen and oxygen atoms in total. The topological polar surface area (TPSA) is 28.7 Å². The van der Waals surface area contributed by atoms with Crippen LogP contribution in [-0.2, 0) is 6.42 Å². The first-order valence-corrected chi connectivity index (χ1v) is 5.89. The molecule has 0 aliphatic rings. The fourth-order valence-electron chi connectivity index (χ4n) is 1.68. The van der Waals surface area contributed by atoms with Gasteiger partial charge in [0.15, 0.2) is 0 Å². The lowest BCUT2D eigenvalue weighted by atomic mass is 10.1. The first-order chi connectivity index (χ1) is 8.13. The molecule has 4 heteroatoms. The van der Waals surface area contributed by atoms with Crippen LogP contribution in [0.1, 0.15) is 18.3 Å². The highest BCUT2D eigenvalue weighted by Gasteiger charge is 2.10. The Morgan fingerprint density at radius 3 is 2.71 bits per heavy atom. The van der Waals surface area contributed by atoms with E-state index in [0.717, 1.165) is 23.5 Å². The molecule has 0 spiro atoms. The first-order valence-electron chi connectivity index (χ1n) is 5.48. The average Bonchev–Trinajstić information content (AvgIpc) is 2.33. The molecule has 0 aliphatic carbocycles. The third-order valence-corrected chi connectivity index (χ3v) is 3.08. The summed E-state index contributed by atoms with van der Waals surface area (Å²) in [6, 6.07) is 6.66. The molecule has 0 saturated heterocycles. The molecular weight excluding hydrogens is 235 g/mol. The minimum absolute atomic E-state index is 0.255. The molecule has 1 N–H and O–H groups in total. The van der Waals surface area contributed by atoms with Gasteiger partial charge < -0.3 is 4.98 Å². The highest BCUT2D eigenvalue weighted by Crippen LogP contribution is 2.24. The summed E-state index contributed by atoms with van der Waals surface area (Å²) in [6.45, 7) is 3.83. The smallest absolute Gasteiger partial charge is 0.133 e. The molecule has 2 aromatic rings. The van der Waals surface area contributed by atoms with Gasteiger partial charge in [-0.05, 0) is 19.1 Å². The van der Waals surface area contributed by atoms with E-state index in [2.05, 4.69) is 9.97 Å². The van der Waals surface area contributed by atoms with Crippen molar-refractivity contribution in [3.05, 3.63) is 46.1 Å². The number of hydrogen-bond donors (Lipinski definition) is 1. The predicted octanol–water partition coefficient (Wildman–Crippen LogP) is 3.82. The molecule has 0 atom stereocenters. The number of nitrogens with one attached hydrogen (secondary N) is 1. The fourth-order valence-corrected chi connectivity index (χ4v) is 1.89. The quantitative estimate of drug-likeness (QED) is 0.818. The molecule has 0 fully saturated rings. The van der Waals surface area contributed by atoms with Crippen molar-refractivity contribution in [3.8, 4) is 11.3 Å². The molecule has 1 aromatic carbocycles. The van der Waals surface area contributed by atoms with Crippen LogP contribution in [0.5, 0.6) is 0 Å². The third kappa shape index (κ3) is 2.26. The molecular formula is C13H13FN2S. The Morgan fingerprint density at radius 1 is 1.35 bits per heavy atom. The normalized spacial score (nSPS) is 10.5. The second kappa shape index (κ2) is 4.75. The van der Waals surface area contributed by atoms with Crippen molar-refractivity contribution < 1.29 is 4.39 Å². The van der Waals surface area contributed by atoms with E-state index in [1.165, 1.54) is 6.07 Å². The number of rotatable bonds is 2. The van der Waals surface area contributed by atoms with Crippen molar-refractivity contribution in [1.29, 1.82) is 0 Å². The zero-order valence-corrected chi connectivity index (χ0v) is 10.6. The molecule has 0 aliphatic heterocycles. The molecule has 0 radical (unpaired) electrons. The van der Waals surface area contributed by atoms with Gasteiger partial charge in [-0.15, -0.1) is 0 Å². The SMILES string of the molecule is CCc1nc(=S)c(C)c(-c2ccccc2F)[nH]1. The summed E-state index contributed by atoms with van der Waals surface area (Å²) in [6.07, 6.45) is 0.741. The number of H-pyrrole nitrogens is 1. The highest BCUT2D eigenvalue weighted by molar-refractivity contribution is 7.71. The lowest BCUT2D eigenvalue weighted by Gasteiger charge is -2.09. The van der Waals surface area contributed by atoms with Crippen LogP contribution in [-0.4, -0.2) is 9.97 Å². The largest absolute Gasteiger partial charge is 0.343 e. The van der Waals surface area contributed by atoms with Crippen LogP contribution >= 0.6 is 12.2 Å². The Morgan fingerprint density at radius 2 is 2.06 bits per heavy atom. The van der Waals surface area contributed by atoms with Crippen molar-refractivity contribution in [2.75, 3.05) is 0 Å². The van der Waals surface area contributed by atoms with Crippen molar-refractivity contribution in [2.24, 2.45) is 0 Å². The Kier molecular flexibility index (Phi) is 3.33. The number of hydrogen-bond acceptors (Lipinski definition) is 2. The van der Waals surface area contributed by atoms with Gasteiger partial charge in [0.1, 0.15) is 16.3 Å². The summed E-state index contributed by atoms with van der Waals surface area (Å²) in [5.74, 6) is 0.522. The second-order valence-corrected chi connectivity index (χ2v) is 4.21. The van der Waals surface area contributed by atoms with Crippen molar-refractivity contribution in [2.45, 2.75) is 20.3 Å². The molecule has 2 rings (SSSR count). The van der Waals surface area contributed by atoms with Crippen LogP contribution in [0.15, 0.2) is 24.3 Å². The van der Waals surface area contributed by atoms with Gasteiger partial charge in [-0.25, -0.2) is 9.37 Å². The maximum Gasteiger partial charge on any atom is 0.133 e. The fraction of sp³-hybridized carbons (Fsp3) is 0.231. The zero-order valence-electron chi connectivity index (χ0n) is 9.75. The summed E-state index contributed by atoms with van der Waals surface area (Å²) in [5.41, 5.74) is 2.07. The Hall–Kier alpha value is -1.55. The van der Waals surface area contributed by atoms with E-state index in [0.29, 0.717) is 10.2 Å². The van der Waals surface area contributed by atoms with Gasteiger partial charge in [0.25, 0.3) is 0 Å². The number of aromatic amines is 1. The Bertz CT molecular complexity index is 605. The molecule has 0 amide bonds. The first kappa shape index (κ1) is 11.9. The van der Waals surface area contributed by atoms with Crippen LogP contribution in [0.4, 0.5) is 4.39 Å². The predicted molar refractivity (Wildman–Crippen MR) is 68.9 cm³/mol. The van der Waals surface area contributed by atoms with Crippen molar-refractivity contribution >= 4 is 12.2 Å². The van der Waals surface area contributed by atoms with Crippen LogP contribution in [0.2, 0.25) is 0 Å². The van der Waals surface area contributed by atoms with E-state index >= 15 is 0 Å². The summed E-state index contributed by atoms with van der Waals surface area (Å²) in [7, 11) is 0. The Labute approximate surface area is 105 Å². The van der Waals surface area contributed by atoms with Crippen molar-refractivity contribution in [1.82, 2.24) is 9.97 Å². The third-order valence-electron chi connectivity index (χ3n) is 2.68. The van der Waals surface area contributed by atoms with Crippen LogP contribution in [0, 0.1) is 17.4 Å². The number of aryl methyl sites for hydroxylation is 1. The van der Waals surface area contributed by atoms with E-state index < -0.39 is 0 Å². The lowest BCUT2D eigenvalue weighted by molar-refractivity contribution is 0.630. The van der Waals surface area contributed by atoms with E-state index in [1.807, 2.05) is 13.8 Å². The molecule has 0 bridgehead atoms. The summed E-state index contributed by atoms with van der Waals surface area (Å²) in [5, 5.41) is 0. The monoisotopic (exact) mass is 248 g/mol. The molecule has 1 aromatic heterocycles. The standard InChI is InChI=1S/C13H13FN2S/c1-3-11-15-12(8(2)13(17)16-11)9-6-4-5-7-10(9)14/h4-7H,3H2,1-2H3,(H,15,16,17). The molecule has 0 unspecified atom stereocenters. The van der Waals surface area contributed by atoms with Gasteiger partial charge in [-0.2, -0.15) is 0 Å². The van der Waals surface area contributed by atoms with Gasteiger partial charge in [0.05, 0.1) is 5.69 Å². The lowest BCUT2D eigenvalue weighted by Crippen LogP contribution is -2.00. The number of halogens is 1. The zero-order chi connectivity index (χ0) is 12.4. The van der Waals surface area contributed by atoms with E-state index in [-0.39, 0.29) is 5.82 Å². The van der Waals surface area contributed by atoms with Crippen molar-refractivity contribution in [3.63, 3.8) is 0 Å². The number of aromatic nitrogens is 2. The minimum Gasteiger partial charge on any atom is -0.343 e. The van der Waals surface area contributed by atoms with Gasteiger partial charge in [-0.1, -0.05) is 31.3 Å². The van der Waals surface area contributed by atoms with Gasteiger partial charge >= 0.3 is 0 Å². The van der Waals surface area contributed by atoms with Gasteiger partial charge in [0.2, 0.25) is 0 Å². The summed E-state index contributed by atoms with van der Waals surface area (Å²) < 4.78 is 14.3. The maximum absolute atomic E-state index is 13.7. The highest BCUT2D eigenvalue weighted by atomic mass is 32.1. The molecule has 88 valence electrons. The molecule has 0 saturated carbocycles. The second-order valence-electron chi connectivity index (χ2n) is 3.82. The molecule has 1 heterocycles. The van der Waals surface area contributed by atoms with E-state index in [9.17, 15) is 4.39 Å². The van der Waals surface area contributed by atoms with Gasteiger partial charge in [0, 0.05) is 17.5 Å². The summed E-state index contributed by atoms with van der Waals surface area (Å²) >= 11 is 5.18. The number of nitrogens with zero attached hydrogens (tertiary/aromatic N) is 1. The molecule has 17 heavy (non-hydrogen) atoms. The Balaban J connectivity index is 2.71. The minimum atomic E-state index is -0.255. The summed E-state index contributed by atoms with van der Waals surface area (Å²) in [4.78, 5) is 7.39. The van der Waals surface area contributed by atoms with Crippen LogP contribution < -0.4 is 0 Å². The maximum atomic E-state index is 13.7.